The largest absolute Gasteiger partial charge is 0.328 e. The number of benzene rings is 1. The third-order valence-corrected chi connectivity index (χ3v) is 5.63. The van der Waals surface area contributed by atoms with Crippen molar-refractivity contribution in [2.75, 3.05) is 6.54 Å². The van der Waals surface area contributed by atoms with Crippen LogP contribution in [0.2, 0.25) is 0 Å². The average molecular weight is 381 g/mol. The molecule has 0 bridgehead atoms. The van der Waals surface area contributed by atoms with Crippen molar-refractivity contribution < 1.29 is 9.18 Å². The Bertz CT molecular complexity index is 960. The van der Waals surface area contributed by atoms with Crippen LogP contribution in [-0.2, 0) is 19.4 Å². The number of aromatic nitrogens is 2. The Morgan fingerprint density at radius 2 is 2.11 bits per heavy atom. The average Bonchev–Trinajstić information content (AvgIpc) is 3.39. The van der Waals surface area contributed by atoms with Crippen molar-refractivity contribution in [3.05, 3.63) is 82.1 Å². The lowest BCUT2D eigenvalue weighted by atomic mass is 10.1. The normalized spacial score (nSPS) is 12.8. The van der Waals surface area contributed by atoms with Gasteiger partial charge in [-0.1, -0.05) is 12.1 Å². The second-order valence-corrected chi connectivity index (χ2v) is 7.60. The van der Waals surface area contributed by atoms with Crippen LogP contribution in [0.25, 0.3) is 5.69 Å². The molecule has 27 heavy (non-hydrogen) atoms. The molecule has 0 spiro atoms. The lowest BCUT2D eigenvalue weighted by Crippen LogP contribution is -2.31. The zero-order valence-electron chi connectivity index (χ0n) is 14.9. The van der Waals surface area contributed by atoms with Crippen LogP contribution in [0.4, 0.5) is 4.39 Å². The summed E-state index contributed by atoms with van der Waals surface area (Å²) in [4.78, 5) is 16.2. The van der Waals surface area contributed by atoms with Gasteiger partial charge < -0.3 is 4.90 Å². The zero-order chi connectivity index (χ0) is 18.8. The van der Waals surface area contributed by atoms with Crippen LogP contribution in [0.15, 0.2) is 54.4 Å². The summed E-state index contributed by atoms with van der Waals surface area (Å²) in [7, 11) is 0. The highest BCUT2D eigenvalue weighted by Crippen LogP contribution is 2.29. The van der Waals surface area contributed by atoms with Gasteiger partial charge >= 0.3 is 0 Å². The second-order valence-electron chi connectivity index (χ2n) is 6.57. The zero-order valence-corrected chi connectivity index (χ0v) is 15.7. The molecule has 0 saturated carbocycles. The highest BCUT2D eigenvalue weighted by Gasteiger charge is 2.29. The van der Waals surface area contributed by atoms with Gasteiger partial charge in [0.15, 0.2) is 5.69 Å². The van der Waals surface area contributed by atoms with E-state index in [9.17, 15) is 9.18 Å². The Hall–Kier alpha value is -2.73. The summed E-state index contributed by atoms with van der Waals surface area (Å²) in [5.41, 5.74) is 3.36. The first kappa shape index (κ1) is 17.7. The molecule has 0 atom stereocenters. The summed E-state index contributed by atoms with van der Waals surface area (Å²) in [5.74, 6) is -0.366. The standard InChI is InChI=1S/C21H20FN3OS/c1-2-12-24(14-17-5-4-13-27-17)21(26)20-18-6-3-7-19(18)25(23-20)16-10-8-15(22)9-11-16/h2,4-5,8-11,13H,1,3,6-7,12,14H2. The van der Waals surface area contributed by atoms with Gasteiger partial charge in [0.25, 0.3) is 5.91 Å². The van der Waals surface area contributed by atoms with Gasteiger partial charge in [0.2, 0.25) is 0 Å². The molecule has 1 aliphatic rings. The number of thiophene rings is 1. The maximum absolute atomic E-state index is 13.3. The van der Waals surface area contributed by atoms with Crippen LogP contribution in [0.3, 0.4) is 0 Å². The van der Waals surface area contributed by atoms with Crippen molar-refractivity contribution in [1.82, 2.24) is 14.7 Å². The number of halogens is 1. The summed E-state index contributed by atoms with van der Waals surface area (Å²) in [6.45, 7) is 4.80. The molecule has 4 nitrogen and oxygen atoms in total. The lowest BCUT2D eigenvalue weighted by molar-refractivity contribution is 0.0756. The Balaban J connectivity index is 1.70. The van der Waals surface area contributed by atoms with E-state index in [1.807, 2.05) is 17.5 Å². The predicted octanol–water partition coefficient (Wildman–Crippen LogP) is 4.39. The first-order valence-corrected chi connectivity index (χ1v) is 9.84. The number of fused-ring (bicyclic) bond motifs is 1. The maximum Gasteiger partial charge on any atom is 0.275 e. The van der Waals surface area contributed by atoms with Gasteiger partial charge in [0, 0.05) is 22.7 Å². The van der Waals surface area contributed by atoms with Gasteiger partial charge in [-0.05, 0) is 55.0 Å². The lowest BCUT2D eigenvalue weighted by Gasteiger charge is -2.19. The van der Waals surface area contributed by atoms with E-state index in [1.165, 1.54) is 12.1 Å². The molecule has 0 aliphatic heterocycles. The second kappa shape index (κ2) is 7.48. The molecule has 0 fully saturated rings. The molecule has 4 rings (SSSR count). The predicted molar refractivity (Wildman–Crippen MR) is 105 cm³/mol. The van der Waals surface area contributed by atoms with Gasteiger partial charge in [-0.25, -0.2) is 9.07 Å². The van der Waals surface area contributed by atoms with E-state index >= 15 is 0 Å². The molecule has 0 saturated heterocycles. The van der Waals surface area contributed by atoms with Crippen LogP contribution < -0.4 is 0 Å². The number of carbonyl (C=O) groups excluding carboxylic acids is 1. The highest BCUT2D eigenvalue weighted by molar-refractivity contribution is 7.09. The molecular weight excluding hydrogens is 361 g/mol. The van der Waals surface area contributed by atoms with Crippen molar-refractivity contribution in [1.29, 1.82) is 0 Å². The van der Waals surface area contributed by atoms with Crippen molar-refractivity contribution in [2.24, 2.45) is 0 Å². The third-order valence-electron chi connectivity index (χ3n) is 4.77. The number of amides is 1. The topological polar surface area (TPSA) is 38.1 Å². The van der Waals surface area contributed by atoms with Crippen molar-refractivity contribution in [2.45, 2.75) is 25.8 Å². The third kappa shape index (κ3) is 3.45. The number of hydrogen-bond acceptors (Lipinski definition) is 3. The number of nitrogens with zero attached hydrogens (tertiary/aromatic N) is 3. The van der Waals surface area contributed by atoms with Crippen molar-refractivity contribution >= 4 is 17.2 Å². The molecule has 0 unspecified atom stereocenters. The maximum atomic E-state index is 13.3. The fraction of sp³-hybridized carbons (Fsp3) is 0.238. The molecular formula is C21H20FN3OS. The van der Waals surface area contributed by atoms with E-state index < -0.39 is 0 Å². The molecule has 1 aromatic carbocycles. The SMILES string of the molecule is C=CCN(Cc1cccs1)C(=O)c1nn(-c2ccc(F)cc2)c2c1CCC2. The molecule has 3 aromatic rings. The van der Waals surface area contributed by atoms with Gasteiger partial charge in [0.05, 0.1) is 12.2 Å². The van der Waals surface area contributed by atoms with Crippen LogP contribution in [0, 0.1) is 5.82 Å². The van der Waals surface area contributed by atoms with E-state index in [4.69, 9.17) is 0 Å². The molecule has 0 radical (unpaired) electrons. The van der Waals surface area contributed by atoms with E-state index in [0.717, 1.165) is 41.1 Å². The monoisotopic (exact) mass is 381 g/mol. The molecule has 6 heteroatoms. The quantitative estimate of drug-likeness (QED) is 0.594. The van der Waals surface area contributed by atoms with E-state index in [0.29, 0.717) is 18.8 Å². The van der Waals surface area contributed by atoms with Crippen LogP contribution >= 0.6 is 11.3 Å². The summed E-state index contributed by atoms with van der Waals surface area (Å²) >= 11 is 1.63. The molecule has 1 amide bonds. The van der Waals surface area contributed by atoms with Crippen LogP contribution in [0.5, 0.6) is 0 Å². The highest BCUT2D eigenvalue weighted by atomic mass is 32.1. The minimum Gasteiger partial charge on any atom is -0.328 e. The fourth-order valence-corrected chi connectivity index (χ4v) is 4.24. The molecule has 0 N–H and O–H groups in total. The summed E-state index contributed by atoms with van der Waals surface area (Å²) in [6, 6.07) is 10.2. The minimum atomic E-state index is -0.285. The summed E-state index contributed by atoms with van der Waals surface area (Å²) < 4.78 is 15.1. The van der Waals surface area contributed by atoms with Gasteiger partial charge in [-0.2, -0.15) is 5.10 Å². The molecule has 2 heterocycles. The van der Waals surface area contributed by atoms with Crippen molar-refractivity contribution in [3.8, 4) is 5.69 Å². The summed E-state index contributed by atoms with van der Waals surface area (Å²) in [5, 5.41) is 6.64. The van der Waals surface area contributed by atoms with Crippen LogP contribution in [-0.4, -0.2) is 27.1 Å². The Labute approximate surface area is 161 Å². The van der Waals surface area contributed by atoms with E-state index in [-0.39, 0.29) is 11.7 Å². The van der Waals surface area contributed by atoms with Gasteiger partial charge in [-0.3, -0.25) is 4.79 Å². The Morgan fingerprint density at radius 1 is 1.30 bits per heavy atom. The first-order valence-electron chi connectivity index (χ1n) is 8.96. The van der Waals surface area contributed by atoms with Crippen molar-refractivity contribution in [3.63, 3.8) is 0 Å². The molecule has 2 aromatic heterocycles. The smallest absolute Gasteiger partial charge is 0.275 e. The van der Waals surface area contributed by atoms with Crippen LogP contribution in [0.1, 0.15) is 33.0 Å². The van der Waals surface area contributed by atoms with Gasteiger partial charge in [0.1, 0.15) is 5.82 Å². The first-order chi connectivity index (χ1) is 13.2. The van der Waals surface area contributed by atoms with E-state index in [1.54, 1.807) is 39.1 Å². The number of hydrogen-bond donors (Lipinski definition) is 0. The van der Waals surface area contributed by atoms with Gasteiger partial charge in [-0.15, -0.1) is 17.9 Å². The minimum absolute atomic E-state index is 0.0812. The number of carbonyl (C=O) groups is 1. The molecule has 138 valence electrons. The Morgan fingerprint density at radius 3 is 2.81 bits per heavy atom. The fourth-order valence-electron chi connectivity index (χ4n) is 3.52. The molecule has 1 aliphatic carbocycles. The number of rotatable bonds is 6. The Kier molecular flexibility index (Phi) is 4.90. The van der Waals surface area contributed by atoms with E-state index in [2.05, 4.69) is 11.7 Å². The summed E-state index contributed by atoms with van der Waals surface area (Å²) in [6.07, 6.45) is 4.46.